The molecule has 1 N–H and O–H groups in total. The predicted molar refractivity (Wildman–Crippen MR) is 60.2 cm³/mol. The number of allylic oxidation sites excluding steroid dienone is 1. The van der Waals surface area contributed by atoms with Crippen molar-refractivity contribution in [1.82, 2.24) is 0 Å². The number of benzene rings is 1. The maximum atomic E-state index is 9.72. The van der Waals surface area contributed by atoms with Crippen LogP contribution in [0.25, 0.3) is 0 Å². The van der Waals surface area contributed by atoms with Gasteiger partial charge >= 0.3 is 0 Å². The number of rotatable bonds is 5. The van der Waals surface area contributed by atoms with Gasteiger partial charge in [-0.05, 0) is 24.0 Å². The molecule has 0 amide bonds. The fourth-order valence-corrected chi connectivity index (χ4v) is 1.48. The van der Waals surface area contributed by atoms with Crippen molar-refractivity contribution in [3.63, 3.8) is 0 Å². The van der Waals surface area contributed by atoms with Gasteiger partial charge in [0, 0.05) is 0 Å². The molecule has 1 nitrogen and oxygen atoms in total. The normalized spacial score (nSPS) is 12.4. The van der Waals surface area contributed by atoms with Crippen LogP contribution in [0.1, 0.15) is 37.0 Å². The highest BCUT2D eigenvalue weighted by atomic mass is 16.3. The van der Waals surface area contributed by atoms with E-state index in [0.29, 0.717) is 0 Å². The van der Waals surface area contributed by atoms with E-state index in [2.05, 4.69) is 25.6 Å². The first-order valence-corrected chi connectivity index (χ1v) is 5.15. The average Bonchev–Trinajstić information content (AvgIpc) is 2.20. The van der Waals surface area contributed by atoms with Crippen molar-refractivity contribution in [2.45, 2.75) is 32.3 Å². The molecule has 0 fully saturated rings. The van der Waals surface area contributed by atoms with Gasteiger partial charge in [-0.3, -0.25) is 0 Å². The van der Waals surface area contributed by atoms with Gasteiger partial charge in [-0.2, -0.15) is 0 Å². The summed E-state index contributed by atoms with van der Waals surface area (Å²) in [5, 5.41) is 9.72. The van der Waals surface area contributed by atoms with Gasteiger partial charge in [0.05, 0.1) is 6.10 Å². The zero-order chi connectivity index (χ0) is 10.4. The van der Waals surface area contributed by atoms with Crippen molar-refractivity contribution in [2.24, 2.45) is 0 Å². The molecule has 0 aliphatic carbocycles. The lowest BCUT2D eigenvalue weighted by Gasteiger charge is -2.09. The molecule has 76 valence electrons. The first-order chi connectivity index (χ1) is 6.77. The van der Waals surface area contributed by atoms with Gasteiger partial charge in [-0.1, -0.05) is 43.7 Å². The Kier molecular flexibility index (Phi) is 4.41. The van der Waals surface area contributed by atoms with Gasteiger partial charge in [0.1, 0.15) is 0 Å². The molecular weight excluding hydrogens is 172 g/mol. The Morgan fingerprint density at radius 3 is 2.50 bits per heavy atom. The quantitative estimate of drug-likeness (QED) is 0.707. The summed E-state index contributed by atoms with van der Waals surface area (Å²) in [6.07, 6.45) is 4.32. The van der Waals surface area contributed by atoms with Crippen molar-refractivity contribution < 1.29 is 5.11 Å². The van der Waals surface area contributed by atoms with E-state index >= 15 is 0 Å². The third-order valence-corrected chi connectivity index (χ3v) is 2.31. The van der Waals surface area contributed by atoms with Crippen LogP contribution in [0.5, 0.6) is 0 Å². The van der Waals surface area contributed by atoms with Gasteiger partial charge < -0.3 is 5.11 Å². The monoisotopic (exact) mass is 190 g/mol. The Morgan fingerprint density at radius 2 is 2.00 bits per heavy atom. The maximum absolute atomic E-state index is 9.72. The van der Waals surface area contributed by atoms with E-state index in [1.807, 2.05) is 18.2 Å². The molecule has 0 heterocycles. The van der Waals surface area contributed by atoms with E-state index in [9.17, 15) is 5.11 Å². The van der Waals surface area contributed by atoms with Gasteiger partial charge in [0.15, 0.2) is 0 Å². The summed E-state index contributed by atoms with van der Waals surface area (Å²) in [6, 6.07) is 8.10. The molecule has 1 heteroatoms. The standard InChI is InChI=1S/C13H18O/c1-3-5-11-7-9-12(10-8-11)13(14)6-4-2/h3,7-10,13-14H,1,4-6H2,2H3. The summed E-state index contributed by atoms with van der Waals surface area (Å²) in [5.41, 5.74) is 2.26. The molecule has 0 saturated heterocycles. The first-order valence-electron chi connectivity index (χ1n) is 5.15. The summed E-state index contributed by atoms with van der Waals surface area (Å²) >= 11 is 0. The van der Waals surface area contributed by atoms with Crippen LogP contribution in [0.3, 0.4) is 0 Å². The average molecular weight is 190 g/mol. The number of hydrogen-bond acceptors (Lipinski definition) is 1. The zero-order valence-corrected chi connectivity index (χ0v) is 8.74. The third kappa shape index (κ3) is 3.00. The third-order valence-electron chi connectivity index (χ3n) is 2.31. The minimum Gasteiger partial charge on any atom is -0.388 e. The second-order valence-electron chi connectivity index (χ2n) is 3.54. The molecule has 1 aromatic rings. The van der Waals surface area contributed by atoms with Crippen molar-refractivity contribution in [1.29, 1.82) is 0 Å². The summed E-state index contributed by atoms with van der Waals surface area (Å²) < 4.78 is 0. The van der Waals surface area contributed by atoms with Gasteiger partial charge in [-0.15, -0.1) is 6.58 Å². The molecule has 1 unspecified atom stereocenters. The Balaban J connectivity index is 2.67. The largest absolute Gasteiger partial charge is 0.388 e. The van der Waals surface area contributed by atoms with Crippen molar-refractivity contribution >= 4 is 0 Å². The number of aliphatic hydroxyl groups is 1. The fourth-order valence-electron chi connectivity index (χ4n) is 1.48. The van der Waals surface area contributed by atoms with Crippen LogP contribution in [0.2, 0.25) is 0 Å². The molecule has 1 rings (SSSR count). The van der Waals surface area contributed by atoms with E-state index in [4.69, 9.17) is 0 Å². The lowest BCUT2D eigenvalue weighted by Crippen LogP contribution is -1.96. The van der Waals surface area contributed by atoms with Crippen LogP contribution in [-0.2, 0) is 6.42 Å². The van der Waals surface area contributed by atoms with Gasteiger partial charge in [0.2, 0.25) is 0 Å². The van der Waals surface area contributed by atoms with Crippen LogP contribution in [0.15, 0.2) is 36.9 Å². The van der Waals surface area contributed by atoms with E-state index in [0.717, 1.165) is 24.8 Å². The molecule has 1 aromatic carbocycles. The molecule has 0 bridgehead atoms. The summed E-state index contributed by atoms with van der Waals surface area (Å²) in [4.78, 5) is 0. The zero-order valence-electron chi connectivity index (χ0n) is 8.74. The smallest absolute Gasteiger partial charge is 0.0790 e. The molecule has 0 aliphatic heterocycles. The molecule has 1 atom stereocenters. The van der Waals surface area contributed by atoms with Gasteiger partial charge in [-0.25, -0.2) is 0 Å². The minimum absolute atomic E-state index is 0.308. The van der Waals surface area contributed by atoms with Crippen molar-refractivity contribution in [2.75, 3.05) is 0 Å². The van der Waals surface area contributed by atoms with E-state index < -0.39 is 0 Å². The highest BCUT2D eigenvalue weighted by molar-refractivity contribution is 5.25. The summed E-state index contributed by atoms with van der Waals surface area (Å²) in [5.74, 6) is 0. The number of hydrogen-bond donors (Lipinski definition) is 1. The summed E-state index contributed by atoms with van der Waals surface area (Å²) in [7, 11) is 0. The molecule has 0 aliphatic rings. The Morgan fingerprint density at radius 1 is 1.36 bits per heavy atom. The topological polar surface area (TPSA) is 20.2 Å². The van der Waals surface area contributed by atoms with Crippen LogP contribution in [0, 0.1) is 0 Å². The molecule has 0 spiro atoms. The Bertz CT molecular complexity index is 274. The fraction of sp³-hybridized carbons (Fsp3) is 0.385. The lowest BCUT2D eigenvalue weighted by molar-refractivity contribution is 0.166. The Labute approximate surface area is 86.1 Å². The van der Waals surface area contributed by atoms with Crippen molar-refractivity contribution in [3.8, 4) is 0 Å². The molecular formula is C13H18O. The van der Waals surface area contributed by atoms with E-state index in [1.165, 1.54) is 5.56 Å². The minimum atomic E-state index is -0.308. The second-order valence-corrected chi connectivity index (χ2v) is 3.54. The highest BCUT2D eigenvalue weighted by Crippen LogP contribution is 2.18. The molecule has 0 aromatic heterocycles. The van der Waals surface area contributed by atoms with Crippen LogP contribution < -0.4 is 0 Å². The second kappa shape index (κ2) is 5.61. The Hall–Kier alpha value is -1.08. The summed E-state index contributed by atoms with van der Waals surface area (Å²) in [6.45, 7) is 5.77. The highest BCUT2D eigenvalue weighted by Gasteiger charge is 2.04. The first kappa shape index (κ1) is 11.0. The van der Waals surface area contributed by atoms with Crippen LogP contribution in [0.4, 0.5) is 0 Å². The van der Waals surface area contributed by atoms with Gasteiger partial charge in [0.25, 0.3) is 0 Å². The molecule has 0 saturated carbocycles. The maximum Gasteiger partial charge on any atom is 0.0790 e. The predicted octanol–water partition coefficient (Wildman–Crippen LogP) is 3.25. The van der Waals surface area contributed by atoms with Crippen LogP contribution >= 0.6 is 0 Å². The number of aliphatic hydroxyl groups excluding tert-OH is 1. The van der Waals surface area contributed by atoms with Crippen molar-refractivity contribution in [3.05, 3.63) is 48.0 Å². The molecule has 0 radical (unpaired) electrons. The SMILES string of the molecule is C=CCc1ccc(C(O)CCC)cc1. The lowest BCUT2D eigenvalue weighted by atomic mass is 10.0. The molecule has 14 heavy (non-hydrogen) atoms. The van der Waals surface area contributed by atoms with Crippen LogP contribution in [-0.4, -0.2) is 5.11 Å². The van der Waals surface area contributed by atoms with E-state index in [1.54, 1.807) is 0 Å². The van der Waals surface area contributed by atoms with E-state index in [-0.39, 0.29) is 6.10 Å².